The SMILES string of the molecule is COC(=O)C[C@H](c1oc(CN2CCc3cc(OC)c(OC)cc3[C@@H]2c2cc(OC)c(OC)c(OC)c2)cc(=O)c1O)c1ccnc2ccccc12. The van der Waals surface area contributed by atoms with Crippen LogP contribution in [0.4, 0.5) is 0 Å². The van der Waals surface area contributed by atoms with E-state index >= 15 is 0 Å². The largest absolute Gasteiger partial charge is 0.502 e. The molecule has 51 heavy (non-hydrogen) atoms. The lowest BCUT2D eigenvalue weighted by atomic mass is 9.87. The number of hydrogen-bond acceptors (Lipinski definition) is 12. The zero-order valence-electron chi connectivity index (χ0n) is 29.3. The molecule has 1 aliphatic rings. The van der Waals surface area contributed by atoms with Gasteiger partial charge in [-0.3, -0.25) is 19.5 Å². The Morgan fingerprint density at radius 1 is 0.902 bits per heavy atom. The highest BCUT2D eigenvalue weighted by molar-refractivity contribution is 5.84. The smallest absolute Gasteiger partial charge is 0.306 e. The average Bonchev–Trinajstić information content (AvgIpc) is 3.16. The minimum absolute atomic E-state index is 0.0348. The van der Waals surface area contributed by atoms with E-state index in [1.165, 1.54) is 13.2 Å². The quantitative estimate of drug-likeness (QED) is 0.158. The summed E-state index contributed by atoms with van der Waals surface area (Å²) in [6.45, 7) is 0.726. The number of nitrogens with zero attached hydrogens (tertiary/aromatic N) is 2. The van der Waals surface area contributed by atoms with Gasteiger partial charge < -0.3 is 37.9 Å². The molecule has 0 saturated carbocycles. The molecule has 266 valence electrons. The fraction of sp³-hybridized carbons (Fsp3) is 0.308. The zero-order valence-corrected chi connectivity index (χ0v) is 29.3. The second-order valence-corrected chi connectivity index (χ2v) is 12.0. The molecule has 2 atom stereocenters. The van der Waals surface area contributed by atoms with Crippen molar-refractivity contribution >= 4 is 16.9 Å². The van der Waals surface area contributed by atoms with E-state index in [4.69, 9.17) is 32.8 Å². The van der Waals surface area contributed by atoms with Crippen LogP contribution in [0.3, 0.4) is 0 Å². The summed E-state index contributed by atoms with van der Waals surface area (Å²) in [5.41, 5.74) is 3.54. The number of aromatic hydroxyl groups is 1. The molecular formula is C39H40N2O10. The van der Waals surface area contributed by atoms with E-state index in [-0.39, 0.29) is 18.7 Å². The zero-order chi connectivity index (χ0) is 36.2. The van der Waals surface area contributed by atoms with Crippen LogP contribution in [0.5, 0.6) is 34.5 Å². The fourth-order valence-corrected chi connectivity index (χ4v) is 6.90. The van der Waals surface area contributed by atoms with Crippen LogP contribution in [0.2, 0.25) is 0 Å². The first-order valence-corrected chi connectivity index (χ1v) is 16.3. The summed E-state index contributed by atoms with van der Waals surface area (Å²) >= 11 is 0. The monoisotopic (exact) mass is 696 g/mol. The molecule has 5 aromatic rings. The molecular weight excluding hydrogens is 656 g/mol. The lowest BCUT2D eigenvalue weighted by Crippen LogP contribution is -2.36. The normalized spacial score (nSPS) is 14.7. The highest BCUT2D eigenvalue weighted by atomic mass is 16.5. The van der Waals surface area contributed by atoms with E-state index in [0.29, 0.717) is 58.6 Å². The summed E-state index contributed by atoms with van der Waals surface area (Å²) in [6, 6.07) is 17.8. The standard InChI is InChI=1S/C39H40N2O10/c1-45-31-15-22-12-14-41(36(27(22)19-32(31)46-2)23-16-33(47-3)39(50-6)34(17-23)48-4)21-24-18-30(42)37(44)38(51-24)28(20-35(43)49-5)25-11-13-40-29-10-8-7-9-26(25)29/h7-11,13,15-19,28,36,44H,12,14,20-21H2,1-6H3/t28-,36-/m0/s1. The molecule has 0 bridgehead atoms. The van der Waals surface area contributed by atoms with Gasteiger partial charge in [0.15, 0.2) is 28.8 Å². The van der Waals surface area contributed by atoms with Crippen molar-refractivity contribution < 1.29 is 42.7 Å². The summed E-state index contributed by atoms with van der Waals surface area (Å²) < 4.78 is 39.9. The van der Waals surface area contributed by atoms with Crippen molar-refractivity contribution in [1.29, 1.82) is 0 Å². The van der Waals surface area contributed by atoms with Crippen molar-refractivity contribution in [1.82, 2.24) is 9.88 Å². The summed E-state index contributed by atoms with van der Waals surface area (Å²) in [5, 5.41) is 11.9. The van der Waals surface area contributed by atoms with Crippen LogP contribution in [0, 0.1) is 0 Å². The molecule has 0 spiro atoms. The van der Waals surface area contributed by atoms with Crippen molar-refractivity contribution in [2.75, 3.05) is 49.2 Å². The molecule has 2 aromatic heterocycles. The third-order valence-electron chi connectivity index (χ3n) is 9.31. The van der Waals surface area contributed by atoms with Crippen molar-refractivity contribution in [3.63, 3.8) is 0 Å². The molecule has 1 aliphatic heterocycles. The highest BCUT2D eigenvalue weighted by Gasteiger charge is 2.34. The average molecular weight is 697 g/mol. The van der Waals surface area contributed by atoms with Gasteiger partial charge in [-0.1, -0.05) is 18.2 Å². The number of para-hydroxylation sites is 1. The van der Waals surface area contributed by atoms with Gasteiger partial charge in [-0.2, -0.15) is 0 Å². The number of aromatic nitrogens is 1. The minimum atomic E-state index is -0.845. The number of benzene rings is 3. The Kier molecular flexibility index (Phi) is 10.3. The Morgan fingerprint density at radius 2 is 1.59 bits per heavy atom. The molecule has 6 rings (SSSR count). The first kappa shape index (κ1) is 35.1. The van der Waals surface area contributed by atoms with E-state index in [9.17, 15) is 14.7 Å². The van der Waals surface area contributed by atoms with E-state index < -0.39 is 29.1 Å². The highest BCUT2D eigenvalue weighted by Crippen LogP contribution is 2.46. The van der Waals surface area contributed by atoms with Crippen molar-refractivity contribution in [3.8, 4) is 34.5 Å². The predicted octanol–water partition coefficient (Wildman–Crippen LogP) is 5.78. The van der Waals surface area contributed by atoms with Crippen LogP contribution in [-0.4, -0.2) is 70.2 Å². The van der Waals surface area contributed by atoms with Gasteiger partial charge in [-0.15, -0.1) is 0 Å². The minimum Gasteiger partial charge on any atom is -0.502 e. The maximum absolute atomic E-state index is 13.5. The number of esters is 1. The molecule has 0 amide bonds. The molecule has 12 nitrogen and oxygen atoms in total. The van der Waals surface area contributed by atoms with Gasteiger partial charge in [-0.25, -0.2) is 0 Å². The summed E-state index contributed by atoms with van der Waals surface area (Å²) in [4.78, 5) is 32.8. The predicted molar refractivity (Wildman–Crippen MR) is 188 cm³/mol. The van der Waals surface area contributed by atoms with Crippen LogP contribution in [0.1, 0.15) is 52.2 Å². The number of methoxy groups -OCH3 is 6. The lowest BCUT2D eigenvalue weighted by molar-refractivity contribution is -0.140. The Labute approximate surface area is 295 Å². The van der Waals surface area contributed by atoms with Gasteiger partial charge in [0.1, 0.15) is 5.76 Å². The molecule has 1 N–H and O–H groups in total. The summed E-state index contributed by atoms with van der Waals surface area (Å²) in [7, 11) is 9.14. The van der Waals surface area contributed by atoms with Gasteiger partial charge >= 0.3 is 5.97 Å². The molecule has 12 heteroatoms. The summed E-state index contributed by atoms with van der Waals surface area (Å²) in [6.07, 6.45) is 2.09. The maximum Gasteiger partial charge on any atom is 0.306 e. The maximum atomic E-state index is 13.5. The molecule has 0 aliphatic carbocycles. The number of fused-ring (bicyclic) bond motifs is 2. The Bertz CT molecular complexity index is 2100. The molecule has 0 unspecified atom stereocenters. The first-order chi connectivity index (χ1) is 24.7. The van der Waals surface area contributed by atoms with Crippen molar-refractivity contribution in [2.45, 2.75) is 31.3 Å². The van der Waals surface area contributed by atoms with E-state index in [1.807, 2.05) is 48.5 Å². The third kappa shape index (κ3) is 6.74. The number of carbonyl (C=O) groups is 1. The molecule has 0 fully saturated rings. The van der Waals surface area contributed by atoms with Crippen LogP contribution in [0.25, 0.3) is 10.9 Å². The Balaban J connectivity index is 1.50. The Hall–Kier alpha value is -5.75. The van der Waals surface area contributed by atoms with Gasteiger partial charge in [0.2, 0.25) is 16.9 Å². The third-order valence-corrected chi connectivity index (χ3v) is 9.31. The fourth-order valence-electron chi connectivity index (χ4n) is 6.90. The molecule has 0 saturated heterocycles. The summed E-state index contributed by atoms with van der Waals surface area (Å²) in [5.74, 6) is 0.891. The Morgan fingerprint density at radius 3 is 2.25 bits per heavy atom. The van der Waals surface area contributed by atoms with Gasteiger partial charge in [0, 0.05) is 24.2 Å². The van der Waals surface area contributed by atoms with E-state index in [0.717, 1.165) is 22.1 Å². The van der Waals surface area contributed by atoms with Crippen LogP contribution in [0.15, 0.2) is 76.1 Å². The number of carbonyl (C=O) groups excluding carboxylic acids is 1. The van der Waals surface area contributed by atoms with Crippen LogP contribution in [-0.2, 0) is 22.5 Å². The number of hydrogen-bond donors (Lipinski definition) is 1. The number of pyridine rings is 1. The van der Waals surface area contributed by atoms with Crippen molar-refractivity contribution in [2.24, 2.45) is 0 Å². The van der Waals surface area contributed by atoms with Crippen LogP contribution < -0.4 is 29.1 Å². The van der Waals surface area contributed by atoms with Gasteiger partial charge in [0.25, 0.3) is 0 Å². The second-order valence-electron chi connectivity index (χ2n) is 12.0. The molecule has 3 heterocycles. The topological polar surface area (TPSA) is 139 Å². The van der Waals surface area contributed by atoms with Gasteiger partial charge in [0.05, 0.1) is 73.1 Å². The molecule has 3 aromatic carbocycles. The van der Waals surface area contributed by atoms with E-state index in [1.54, 1.807) is 47.8 Å². The van der Waals surface area contributed by atoms with E-state index in [2.05, 4.69) is 9.88 Å². The number of ether oxygens (including phenoxy) is 6. The lowest BCUT2D eigenvalue weighted by Gasteiger charge is -2.38. The van der Waals surface area contributed by atoms with Crippen molar-refractivity contribution in [3.05, 3.63) is 111 Å². The van der Waals surface area contributed by atoms with Crippen LogP contribution >= 0.6 is 0 Å². The van der Waals surface area contributed by atoms with Gasteiger partial charge in [-0.05, 0) is 65.1 Å². The number of rotatable bonds is 12. The molecule has 0 radical (unpaired) electrons. The second kappa shape index (κ2) is 15.0. The first-order valence-electron chi connectivity index (χ1n) is 16.3.